The maximum Gasteiger partial charge on any atom is 0.254 e. The molecule has 1 aromatic heterocycles. The zero-order valence-electron chi connectivity index (χ0n) is 17.8. The number of methoxy groups -OCH3 is 1. The number of hydrogen-bond donors (Lipinski definition) is 0. The Labute approximate surface area is 188 Å². The van der Waals surface area contributed by atoms with E-state index in [9.17, 15) is 4.79 Å². The molecule has 2 fully saturated rings. The molecule has 4 nitrogen and oxygen atoms in total. The molecule has 0 radical (unpaired) electrons. The minimum atomic E-state index is 0.178. The molecule has 5 heteroatoms. The number of benzene rings is 2. The van der Waals surface area contributed by atoms with Gasteiger partial charge in [0.25, 0.3) is 5.91 Å². The van der Waals surface area contributed by atoms with E-state index in [4.69, 9.17) is 4.74 Å². The number of hydrogen-bond acceptors (Lipinski definition) is 4. The molecule has 3 aromatic rings. The van der Waals surface area contributed by atoms with Crippen molar-refractivity contribution >= 4 is 17.2 Å². The van der Waals surface area contributed by atoms with E-state index >= 15 is 0 Å². The number of amides is 1. The molecule has 1 amide bonds. The summed E-state index contributed by atoms with van der Waals surface area (Å²) in [5, 5.41) is 4.42. The number of nitrogens with zero attached hydrogens (tertiary/aromatic N) is 2. The van der Waals surface area contributed by atoms with Gasteiger partial charge in [0.05, 0.1) is 7.11 Å². The third kappa shape index (κ3) is 4.12. The van der Waals surface area contributed by atoms with Gasteiger partial charge in [0.15, 0.2) is 0 Å². The van der Waals surface area contributed by atoms with E-state index in [1.54, 1.807) is 18.4 Å². The Bertz CT molecular complexity index is 1000. The number of fused-ring (bicyclic) bond motifs is 1. The van der Waals surface area contributed by atoms with E-state index in [1.807, 2.05) is 42.5 Å². The van der Waals surface area contributed by atoms with Crippen molar-refractivity contribution in [2.24, 2.45) is 5.92 Å². The molecule has 2 aliphatic heterocycles. The van der Waals surface area contributed by atoms with Crippen molar-refractivity contribution in [2.75, 3.05) is 26.7 Å². The highest BCUT2D eigenvalue weighted by molar-refractivity contribution is 7.08. The van der Waals surface area contributed by atoms with Crippen molar-refractivity contribution in [3.05, 3.63) is 88.1 Å². The van der Waals surface area contributed by atoms with Gasteiger partial charge in [-0.2, -0.15) is 11.3 Å². The predicted molar refractivity (Wildman–Crippen MR) is 125 cm³/mol. The average molecular weight is 433 g/mol. The minimum Gasteiger partial charge on any atom is -0.497 e. The fourth-order valence-electron chi connectivity index (χ4n) is 5.26. The molecule has 2 aromatic carbocycles. The van der Waals surface area contributed by atoms with Crippen LogP contribution in [-0.4, -0.2) is 48.5 Å². The van der Waals surface area contributed by atoms with Gasteiger partial charge in [-0.1, -0.05) is 30.3 Å². The van der Waals surface area contributed by atoms with E-state index in [-0.39, 0.29) is 5.91 Å². The summed E-state index contributed by atoms with van der Waals surface area (Å²) in [6.45, 7) is 3.80. The maximum atomic E-state index is 13.4. The van der Waals surface area contributed by atoms with Crippen LogP contribution < -0.4 is 4.74 Å². The van der Waals surface area contributed by atoms with Crippen molar-refractivity contribution in [1.29, 1.82) is 0 Å². The lowest BCUT2D eigenvalue weighted by atomic mass is 9.82. The van der Waals surface area contributed by atoms with Crippen LogP contribution in [0.5, 0.6) is 5.75 Å². The molecular weight excluding hydrogens is 404 g/mol. The summed E-state index contributed by atoms with van der Waals surface area (Å²) in [6.07, 6.45) is 1.03. The van der Waals surface area contributed by atoms with E-state index in [2.05, 4.69) is 38.8 Å². The zero-order chi connectivity index (χ0) is 21.2. The molecule has 0 saturated carbocycles. The lowest BCUT2D eigenvalue weighted by Crippen LogP contribution is -2.47. The first kappa shape index (κ1) is 20.3. The molecule has 31 heavy (non-hydrogen) atoms. The highest BCUT2D eigenvalue weighted by Gasteiger charge is 2.47. The van der Waals surface area contributed by atoms with Gasteiger partial charge < -0.3 is 9.64 Å². The third-order valence-corrected chi connectivity index (χ3v) is 7.53. The Morgan fingerprint density at radius 3 is 2.58 bits per heavy atom. The van der Waals surface area contributed by atoms with E-state index in [1.165, 1.54) is 11.1 Å². The van der Waals surface area contributed by atoms with Crippen molar-refractivity contribution in [1.82, 2.24) is 9.80 Å². The second kappa shape index (κ2) is 8.85. The van der Waals surface area contributed by atoms with Crippen LogP contribution in [0.25, 0.3) is 0 Å². The molecule has 0 aliphatic carbocycles. The molecule has 2 saturated heterocycles. The first-order valence-corrected chi connectivity index (χ1v) is 11.9. The highest BCUT2D eigenvalue weighted by atomic mass is 32.1. The van der Waals surface area contributed by atoms with Gasteiger partial charge in [-0.3, -0.25) is 9.69 Å². The number of rotatable bonds is 5. The van der Waals surface area contributed by atoms with E-state index in [0.29, 0.717) is 17.9 Å². The molecule has 2 aliphatic rings. The Morgan fingerprint density at radius 2 is 1.87 bits per heavy atom. The van der Waals surface area contributed by atoms with Crippen molar-refractivity contribution < 1.29 is 9.53 Å². The van der Waals surface area contributed by atoms with Crippen LogP contribution in [0.15, 0.2) is 71.4 Å². The van der Waals surface area contributed by atoms with Gasteiger partial charge in [0.1, 0.15) is 5.75 Å². The van der Waals surface area contributed by atoms with Crippen LogP contribution in [-0.2, 0) is 6.54 Å². The van der Waals surface area contributed by atoms with Gasteiger partial charge in [-0.05, 0) is 58.6 Å². The largest absolute Gasteiger partial charge is 0.497 e. The SMILES string of the molecule is COc1ccc(CN2CC[C@H]3[C@@H](C2)[C@H](c2ccsc2)CN3C(=O)c2ccccc2)cc1. The second-order valence-corrected chi connectivity index (χ2v) is 9.37. The smallest absolute Gasteiger partial charge is 0.254 e. The summed E-state index contributed by atoms with van der Waals surface area (Å²) < 4.78 is 5.29. The number of likely N-dealkylation sites (tertiary alicyclic amines) is 2. The number of carbonyl (C=O) groups is 1. The Kier molecular flexibility index (Phi) is 5.79. The standard InChI is InChI=1S/C26H28N2O2S/c1-30-22-9-7-19(8-10-22)15-27-13-11-25-24(16-27)23(21-12-14-31-18-21)17-28(25)26(29)20-5-3-2-4-6-20/h2-10,12,14,18,23-25H,11,13,15-17H2,1H3/t23-,24-,25-/m0/s1. The molecule has 0 spiro atoms. The molecular formula is C26H28N2O2S. The Hall–Kier alpha value is -2.63. The fraction of sp³-hybridized carbons (Fsp3) is 0.346. The Balaban J connectivity index is 1.36. The molecule has 160 valence electrons. The molecule has 0 bridgehead atoms. The maximum absolute atomic E-state index is 13.4. The first-order valence-electron chi connectivity index (χ1n) is 11.0. The fourth-order valence-corrected chi connectivity index (χ4v) is 5.98. The normalized spacial score (nSPS) is 23.5. The van der Waals surface area contributed by atoms with E-state index < -0.39 is 0 Å². The van der Waals surface area contributed by atoms with E-state index in [0.717, 1.165) is 43.9 Å². The lowest BCUT2D eigenvalue weighted by molar-refractivity contribution is 0.0614. The predicted octanol–water partition coefficient (Wildman–Crippen LogP) is 4.89. The van der Waals surface area contributed by atoms with Gasteiger partial charge in [0, 0.05) is 49.6 Å². The molecule has 5 rings (SSSR count). The number of thiophene rings is 1. The molecule has 0 unspecified atom stereocenters. The van der Waals surface area contributed by atoms with Crippen LogP contribution in [0.2, 0.25) is 0 Å². The van der Waals surface area contributed by atoms with Crippen molar-refractivity contribution in [2.45, 2.75) is 24.9 Å². The number of ether oxygens (including phenoxy) is 1. The number of carbonyl (C=O) groups excluding carboxylic acids is 1. The Morgan fingerprint density at radius 1 is 1.06 bits per heavy atom. The van der Waals surface area contributed by atoms with Gasteiger partial charge in [-0.25, -0.2) is 0 Å². The van der Waals surface area contributed by atoms with Crippen LogP contribution in [0, 0.1) is 5.92 Å². The lowest BCUT2D eigenvalue weighted by Gasteiger charge is -2.39. The second-order valence-electron chi connectivity index (χ2n) is 8.59. The van der Waals surface area contributed by atoms with Crippen LogP contribution in [0.1, 0.15) is 33.8 Å². The summed E-state index contributed by atoms with van der Waals surface area (Å²) >= 11 is 1.75. The zero-order valence-corrected chi connectivity index (χ0v) is 18.6. The monoisotopic (exact) mass is 432 g/mol. The molecule has 0 N–H and O–H groups in total. The van der Waals surface area contributed by atoms with Gasteiger partial charge >= 0.3 is 0 Å². The summed E-state index contributed by atoms with van der Waals surface area (Å²) in [7, 11) is 1.70. The topological polar surface area (TPSA) is 32.8 Å². The van der Waals surface area contributed by atoms with Gasteiger partial charge in [0.2, 0.25) is 0 Å². The summed E-state index contributed by atoms with van der Waals surface area (Å²) in [5.74, 6) is 1.94. The highest BCUT2D eigenvalue weighted by Crippen LogP contribution is 2.43. The van der Waals surface area contributed by atoms with Crippen molar-refractivity contribution in [3.63, 3.8) is 0 Å². The summed E-state index contributed by atoms with van der Waals surface area (Å²) in [6, 6.07) is 20.7. The summed E-state index contributed by atoms with van der Waals surface area (Å²) in [5.41, 5.74) is 3.49. The number of piperidine rings is 1. The van der Waals surface area contributed by atoms with Gasteiger partial charge in [-0.15, -0.1) is 0 Å². The van der Waals surface area contributed by atoms with Crippen LogP contribution >= 0.6 is 11.3 Å². The van der Waals surface area contributed by atoms with Crippen LogP contribution in [0.3, 0.4) is 0 Å². The third-order valence-electron chi connectivity index (χ3n) is 6.83. The minimum absolute atomic E-state index is 0.178. The first-order chi connectivity index (χ1) is 15.2. The average Bonchev–Trinajstić information content (AvgIpc) is 3.47. The van der Waals surface area contributed by atoms with Crippen LogP contribution in [0.4, 0.5) is 0 Å². The quantitative estimate of drug-likeness (QED) is 0.576. The summed E-state index contributed by atoms with van der Waals surface area (Å²) in [4.78, 5) is 18.1. The van der Waals surface area contributed by atoms with Crippen molar-refractivity contribution in [3.8, 4) is 5.75 Å². The molecule has 3 heterocycles. The molecule has 3 atom stereocenters.